The Morgan fingerprint density at radius 3 is 1.79 bits per heavy atom. The van der Waals surface area contributed by atoms with E-state index in [2.05, 4.69) is 28.5 Å². The van der Waals surface area contributed by atoms with Crippen molar-refractivity contribution in [3.8, 4) is 0 Å². The molecular weight excluding hydrogens is 378 g/mol. The van der Waals surface area contributed by atoms with Crippen molar-refractivity contribution < 1.29 is 9.47 Å². The van der Waals surface area contributed by atoms with Crippen LogP contribution in [0.3, 0.4) is 0 Å². The van der Waals surface area contributed by atoms with Crippen LogP contribution in [0, 0.1) is 0 Å². The van der Waals surface area contributed by atoms with Crippen LogP contribution in [0.1, 0.15) is 66.2 Å². The fourth-order valence-corrected chi connectivity index (χ4v) is 5.17. The van der Waals surface area contributed by atoms with Crippen LogP contribution in [0.25, 0.3) is 0 Å². The van der Waals surface area contributed by atoms with Crippen LogP contribution in [0.4, 0.5) is 0 Å². The number of hydrogen-bond donors (Lipinski definition) is 0. The summed E-state index contributed by atoms with van der Waals surface area (Å²) in [5.41, 5.74) is 0. The molecule has 5 nitrogen and oxygen atoms in total. The summed E-state index contributed by atoms with van der Waals surface area (Å²) in [4.78, 5) is 7.86. The van der Waals surface area contributed by atoms with Crippen molar-refractivity contribution in [1.82, 2.24) is 14.7 Å². The number of ether oxygens (including phenoxy) is 2. The molecule has 1 saturated heterocycles. The van der Waals surface area contributed by atoms with Gasteiger partial charge in [0, 0.05) is 52.5 Å². The summed E-state index contributed by atoms with van der Waals surface area (Å²) in [5.74, 6) is 0.0442. The van der Waals surface area contributed by atoms with Crippen molar-refractivity contribution >= 4 is 9.52 Å². The largest absolute Gasteiger partial charge is 0.357 e. The van der Waals surface area contributed by atoms with E-state index < -0.39 is 0 Å². The van der Waals surface area contributed by atoms with E-state index in [1.165, 1.54) is 103 Å². The third kappa shape index (κ3) is 13.8. The lowest BCUT2D eigenvalue weighted by Crippen LogP contribution is -2.48. The summed E-state index contributed by atoms with van der Waals surface area (Å²) in [7, 11) is 0.790. The molecule has 0 unspecified atom stereocenters. The average molecular weight is 428 g/mol. The Balaban J connectivity index is 1.91. The zero-order chi connectivity index (χ0) is 21.2. The van der Waals surface area contributed by atoms with E-state index in [4.69, 9.17) is 9.47 Å². The lowest BCUT2D eigenvalue weighted by atomic mass is 10.1. The van der Waals surface area contributed by atoms with Gasteiger partial charge >= 0.3 is 0 Å². The maximum absolute atomic E-state index is 5.62. The second-order valence-corrected chi connectivity index (χ2v) is 9.41. The van der Waals surface area contributed by atoms with Gasteiger partial charge in [-0.25, -0.2) is 0 Å². The van der Waals surface area contributed by atoms with Crippen LogP contribution in [0.5, 0.6) is 0 Å². The van der Waals surface area contributed by atoms with Crippen molar-refractivity contribution in [1.29, 1.82) is 0 Å². The maximum atomic E-state index is 5.62. The summed E-state index contributed by atoms with van der Waals surface area (Å²) >= 11 is 0. The van der Waals surface area contributed by atoms with E-state index in [-0.39, 0.29) is 5.91 Å². The molecule has 1 aliphatic rings. The minimum Gasteiger partial charge on any atom is -0.357 e. The topological polar surface area (TPSA) is 28.2 Å². The molecule has 6 heteroatoms. The number of hydrogen-bond acceptors (Lipinski definition) is 5. The standard InChI is InChI=1S/C23H49N3O2Si/c1-5-24(6-2)16-17-26-20-18-25(19-21-26)15-13-11-9-10-12-14-22-29-23(27-7-3)28-8-4/h23H,5-22H2,1-4H3. The van der Waals surface area contributed by atoms with Crippen LogP contribution in [-0.2, 0) is 9.47 Å². The fraction of sp³-hybridized carbons (Fsp3) is 1.00. The molecule has 2 radical (unpaired) electrons. The van der Waals surface area contributed by atoms with Crippen LogP contribution in [0.15, 0.2) is 0 Å². The number of nitrogens with zero attached hydrogens (tertiary/aromatic N) is 3. The van der Waals surface area contributed by atoms with Crippen LogP contribution in [-0.4, -0.2) is 102 Å². The van der Waals surface area contributed by atoms with Gasteiger partial charge in [0.1, 0.15) is 15.4 Å². The van der Waals surface area contributed by atoms with E-state index in [0.29, 0.717) is 0 Å². The highest BCUT2D eigenvalue weighted by atomic mass is 28.2. The number of unbranched alkanes of at least 4 members (excludes halogenated alkanes) is 5. The number of likely N-dealkylation sites (N-methyl/N-ethyl adjacent to an activating group) is 1. The monoisotopic (exact) mass is 427 g/mol. The van der Waals surface area contributed by atoms with E-state index in [1.54, 1.807) is 0 Å². The first kappa shape index (κ1) is 27.1. The first-order valence-corrected chi connectivity index (χ1v) is 13.6. The highest BCUT2D eigenvalue weighted by molar-refractivity contribution is 6.36. The van der Waals surface area contributed by atoms with Crippen molar-refractivity contribution in [2.45, 2.75) is 78.2 Å². The van der Waals surface area contributed by atoms with Gasteiger partial charge < -0.3 is 19.3 Å². The van der Waals surface area contributed by atoms with Gasteiger partial charge in [-0.05, 0) is 39.9 Å². The Kier molecular flexibility index (Phi) is 17.5. The normalized spacial score (nSPS) is 16.3. The SMILES string of the molecule is CCOC(OCC)[Si]CCCCCCCCN1CCN(CCN(CC)CC)CC1. The molecule has 1 aliphatic heterocycles. The summed E-state index contributed by atoms with van der Waals surface area (Å²) in [6.45, 7) is 21.3. The minimum atomic E-state index is 0.0442. The zero-order valence-electron chi connectivity index (χ0n) is 20.0. The average Bonchev–Trinajstić information content (AvgIpc) is 2.74. The first-order chi connectivity index (χ1) is 14.2. The van der Waals surface area contributed by atoms with E-state index in [1.807, 2.05) is 13.8 Å². The van der Waals surface area contributed by atoms with Gasteiger partial charge in [-0.1, -0.05) is 52.0 Å². The van der Waals surface area contributed by atoms with Gasteiger partial charge in [-0.2, -0.15) is 0 Å². The molecule has 172 valence electrons. The molecule has 0 bridgehead atoms. The first-order valence-electron chi connectivity index (χ1n) is 12.4. The third-order valence-electron chi connectivity index (χ3n) is 5.94. The molecule has 1 heterocycles. The number of piperazine rings is 1. The molecule has 0 saturated carbocycles. The van der Waals surface area contributed by atoms with Gasteiger partial charge in [-0.3, -0.25) is 4.90 Å². The van der Waals surface area contributed by atoms with Crippen molar-refractivity contribution in [3.63, 3.8) is 0 Å². The van der Waals surface area contributed by atoms with Crippen molar-refractivity contribution in [2.24, 2.45) is 0 Å². The van der Waals surface area contributed by atoms with E-state index >= 15 is 0 Å². The molecule has 0 N–H and O–H groups in total. The maximum Gasteiger partial charge on any atom is 0.137 e. The van der Waals surface area contributed by atoms with Crippen LogP contribution < -0.4 is 0 Å². The van der Waals surface area contributed by atoms with Crippen LogP contribution in [0.2, 0.25) is 6.04 Å². The van der Waals surface area contributed by atoms with Gasteiger partial charge in [0.25, 0.3) is 0 Å². The smallest absolute Gasteiger partial charge is 0.137 e. The number of rotatable bonds is 19. The quantitative estimate of drug-likeness (QED) is 0.178. The van der Waals surface area contributed by atoms with Gasteiger partial charge in [0.05, 0.1) is 0 Å². The predicted molar refractivity (Wildman–Crippen MR) is 126 cm³/mol. The van der Waals surface area contributed by atoms with E-state index in [9.17, 15) is 0 Å². The Morgan fingerprint density at radius 1 is 0.724 bits per heavy atom. The zero-order valence-corrected chi connectivity index (χ0v) is 21.0. The highest BCUT2D eigenvalue weighted by Gasteiger charge is 2.16. The predicted octanol–water partition coefficient (Wildman–Crippen LogP) is 3.77. The molecule has 29 heavy (non-hydrogen) atoms. The lowest BCUT2D eigenvalue weighted by Gasteiger charge is -2.35. The summed E-state index contributed by atoms with van der Waals surface area (Å²) in [6, 6.07) is 1.25. The second kappa shape index (κ2) is 18.8. The lowest BCUT2D eigenvalue weighted by molar-refractivity contribution is -0.0827. The molecule has 0 spiro atoms. The van der Waals surface area contributed by atoms with Gasteiger partial charge in [0.2, 0.25) is 0 Å². The molecule has 0 aromatic heterocycles. The van der Waals surface area contributed by atoms with Crippen LogP contribution >= 0.6 is 0 Å². The Morgan fingerprint density at radius 2 is 1.24 bits per heavy atom. The third-order valence-corrected chi connectivity index (χ3v) is 7.25. The molecule has 0 amide bonds. The molecule has 0 atom stereocenters. The summed E-state index contributed by atoms with van der Waals surface area (Å²) < 4.78 is 11.2. The fourth-order valence-electron chi connectivity index (χ4n) is 3.92. The molecule has 0 aliphatic carbocycles. The van der Waals surface area contributed by atoms with E-state index in [0.717, 1.165) is 22.7 Å². The van der Waals surface area contributed by atoms with Crippen molar-refractivity contribution in [2.75, 3.05) is 72.1 Å². The van der Waals surface area contributed by atoms with Gasteiger partial charge in [0.15, 0.2) is 0 Å². The molecule has 1 rings (SSSR count). The Hall–Kier alpha value is 0.0169. The highest BCUT2D eigenvalue weighted by Crippen LogP contribution is 2.10. The molecular formula is C23H49N3O2Si. The molecule has 0 aromatic rings. The summed E-state index contributed by atoms with van der Waals surface area (Å²) in [6.07, 6.45) is 8.24. The minimum absolute atomic E-state index is 0.0442. The Bertz CT molecular complexity index is 345. The molecule has 1 fully saturated rings. The van der Waals surface area contributed by atoms with Gasteiger partial charge in [-0.15, -0.1) is 0 Å². The summed E-state index contributed by atoms with van der Waals surface area (Å²) in [5, 5.41) is 0. The Labute approximate surface area is 184 Å². The second-order valence-electron chi connectivity index (χ2n) is 8.03. The van der Waals surface area contributed by atoms with Crippen molar-refractivity contribution in [3.05, 3.63) is 0 Å². The molecule has 0 aromatic carbocycles.